The highest BCUT2D eigenvalue weighted by molar-refractivity contribution is 5.75. The van der Waals surface area contributed by atoms with Crippen molar-refractivity contribution >= 4 is 6.03 Å². The van der Waals surface area contributed by atoms with Crippen molar-refractivity contribution in [3.05, 3.63) is 48.2 Å². The first-order chi connectivity index (χ1) is 14.2. The second-order valence-electron chi connectivity index (χ2n) is 7.52. The smallest absolute Gasteiger partial charge is 0.318 e. The Morgan fingerprint density at radius 1 is 1.10 bits per heavy atom. The molecule has 1 N–H and O–H groups in total. The summed E-state index contributed by atoms with van der Waals surface area (Å²) in [5.74, 6) is 1.99. The molecule has 2 aliphatic heterocycles. The van der Waals surface area contributed by atoms with Gasteiger partial charge in [-0.1, -0.05) is 12.1 Å². The Kier molecular flexibility index (Phi) is 5.74. The van der Waals surface area contributed by atoms with Crippen molar-refractivity contribution in [1.29, 1.82) is 0 Å². The number of piperidine rings is 1. The molecule has 1 aromatic carbocycles. The number of methoxy groups -OCH3 is 2. The highest BCUT2D eigenvalue weighted by atomic mass is 16.5. The van der Waals surface area contributed by atoms with Crippen LogP contribution >= 0.6 is 0 Å². The summed E-state index contributed by atoms with van der Waals surface area (Å²) in [4.78, 5) is 19.1. The average Bonchev–Trinajstić information content (AvgIpc) is 3.03. The molecule has 0 aliphatic carbocycles. The largest absolute Gasteiger partial charge is 0.493 e. The fourth-order valence-corrected chi connectivity index (χ4v) is 4.40. The summed E-state index contributed by atoms with van der Waals surface area (Å²) in [6.45, 7) is 0.447. The van der Waals surface area contributed by atoms with Gasteiger partial charge in [-0.05, 0) is 36.6 Å². The zero-order valence-electron chi connectivity index (χ0n) is 16.8. The second-order valence-corrected chi connectivity index (χ2v) is 7.52. The van der Waals surface area contributed by atoms with Gasteiger partial charge in [-0.2, -0.15) is 0 Å². The van der Waals surface area contributed by atoms with Crippen LogP contribution in [-0.4, -0.2) is 48.3 Å². The first-order valence-electron chi connectivity index (χ1n) is 10.0. The van der Waals surface area contributed by atoms with Crippen LogP contribution < -0.4 is 19.5 Å². The maximum absolute atomic E-state index is 12.9. The van der Waals surface area contributed by atoms with E-state index >= 15 is 0 Å². The predicted octanol–water partition coefficient (Wildman–Crippen LogP) is 3.38. The zero-order valence-corrected chi connectivity index (χ0v) is 16.8. The lowest BCUT2D eigenvalue weighted by Gasteiger charge is -2.38. The molecule has 2 bridgehead atoms. The van der Waals surface area contributed by atoms with Crippen molar-refractivity contribution in [3.63, 3.8) is 0 Å². The molecule has 2 amide bonds. The molecule has 3 heterocycles. The van der Waals surface area contributed by atoms with Gasteiger partial charge < -0.3 is 24.4 Å². The Hall–Kier alpha value is -2.96. The summed E-state index contributed by atoms with van der Waals surface area (Å²) in [5.41, 5.74) is 0.969. The zero-order chi connectivity index (χ0) is 20.2. The number of carbonyl (C=O) groups excluding carboxylic acids is 1. The van der Waals surface area contributed by atoms with Gasteiger partial charge in [-0.25, -0.2) is 9.78 Å². The van der Waals surface area contributed by atoms with Crippen LogP contribution in [0, 0.1) is 0 Å². The molecule has 154 valence electrons. The minimum absolute atomic E-state index is 0.0106. The molecule has 0 radical (unpaired) electrons. The fourth-order valence-electron chi connectivity index (χ4n) is 4.40. The van der Waals surface area contributed by atoms with E-state index in [1.54, 1.807) is 20.4 Å². The van der Waals surface area contributed by atoms with E-state index in [1.165, 1.54) is 0 Å². The number of benzene rings is 1. The Balaban J connectivity index is 1.34. The van der Waals surface area contributed by atoms with Gasteiger partial charge in [-0.15, -0.1) is 0 Å². The summed E-state index contributed by atoms with van der Waals surface area (Å²) in [6, 6.07) is 11.8. The van der Waals surface area contributed by atoms with Crippen molar-refractivity contribution in [3.8, 4) is 17.4 Å². The molecule has 7 nitrogen and oxygen atoms in total. The quantitative estimate of drug-likeness (QED) is 0.809. The number of carbonyl (C=O) groups is 1. The normalized spacial score (nSPS) is 22.8. The third-order valence-electron chi connectivity index (χ3n) is 5.74. The number of aromatic nitrogens is 1. The standard InChI is InChI=1S/C22H27N3O4/c1-27-19-9-6-15(11-20(19)28-2)14-24-22(26)25-16-7-8-17(25)13-18(12-16)29-21-5-3-4-10-23-21/h3-6,9-11,16-18H,7-8,12-14H2,1-2H3,(H,24,26). The third kappa shape index (κ3) is 4.23. The molecule has 2 saturated heterocycles. The number of amides is 2. The average molecular weight is 397 g/mol. The van der Waals surface area contributed by atoms with Gasteiger partial charge in [-0.3, -0.25) is 0 Å². The van der Waals surface area contributed by atoms with Crippen molar-refractivity contribution in [1.82, 2.24) is 15.2 Å². The number of pyridine rings is 1. The van der Waals surface area contributed by atoms with Gasteiger partial charge >= 0.3 is 6.03 Å². The molecular formula is C22H27N3O4. The Morgan fingerprint density at radius 3 is 2.52 bits per heavy atom. The van der Waals surface area contributed by atoms with Crippen LogP contribution in [0.2, 0.25) is 0 Å². The maximum atomic E-state index is 12.9. The van der Waals surface area contributed by atoms with E-state index in [2.05, 4.69) is 10.3 Å². The lowest BCUT2D eigenvalue weighted by atomic mass is 10.00. The van der Waals surface area contributed by atoms with Gasteiger partial charge in [0.05, 0.1) is 14.2 Å². The second kappa shape index (κ2) is 8.59. The first kappa shape index (κ1) is 19.4. The van der Waals surface area contributed by atoms with Crippen LogP contribution in [0.4, 0.5) is 4.79 Å². The number of nitrogens with one attached hydrogen (secondary N) is 1. The summed E-state index contributed by atoms with van der Waals surface area (Å²) in [6.07, 6.45) is 5.58. The molecule has 29 heavy (non-hydrogen) atoms. The molecule has 0 saturated carbocycles. The Morgan fingerprint density at radius 2 is 1.86 bits per heavy atom. The summed E-state index contributed by atoms with van der Waals surface area (Å²) in [7, 11) is 3.21. The van der Waals surface area contributed by atoms with Crippen LogP contribution in [0.3, 0.4) is 0 Å². The van der Waals surface area contributed by atoms with Crippen LogP contribution in [0.25, 0.3) is 0 Å². The minimum atomic E-state index is -0.0106. The molecule has 4 rings (SSSR count). The number of ether oxygens (including phenoxy) is 3. The maximum Gasteiger partial charge on any atom is 0.318 e. The van der Waals surface area contributed by atoms with E-state index in [4.69, 9.17) is 14.2 Å². The molecule has 0 spiro atoms. The van der Waals surface area contributed by atoms with Crippen LogP contribution in [0.15, 0.2) is 42.6 Å². The van der Waals surface area contributed by atoms with Crippen molar-refractivity contribution in [2.45, 2.75) is 50.4 Å². The van der Waals surface area contributed by atoms with Crippen molar-refractivity contribution in [2.75, 3.05) is 14.2 Å². The minimum Gasteiger partial charge on any atom is -0.493 e. The molecule has 2 unspecified atom stereocenters. The number of urea groups is 1. The lowest BCUT2D eigenvalue weighted by molar-refractivity contribution is 0.0660. The Labute approximate surface area is 171 Å². The van der Waals surface area contributed by atoms with Gasteiger partial charge in [0, 0.05) is 43.7 Å². The highest BCUT2D eigenvalue weighted by Gasteiger charge is 2.44. The molecule has 1 aromatic heterocycles. The van der Waals surface area contributed by atoms with E-state index in [9.17, 15) is 4.79 Å². The van der Waals surface area contributed by atoms with Gasteiger partial charge in [0.15, 0.2) is 11.5 Å². The van der Waals surface area contributed by atoms with E-state index < -0.39 is 0 Å². The molecular weight excluding hydrogens is 370 g/mol. The number of fused-ring (bicyclic) bond motifs is 2. The van der Waals surface area contributed by atoms with E-state index in [0.29, 0.717) is 23.9 Å². The van der Waals surface area contributed by atoms with Crippen LogP contribution in [0.1, 0.15) is 31.2 Å². The number of hydrogen-bond acceptors (Lipinski definition) is 5. The van der Waals surface area contributed by atoms with Crippen molar-refractivity contribution in [2.24, 2.45) is 0 Å². The summed E-state index contributed by atoms with van der Waals surface area (Å²) >= 11 is 0. The van der Waals surface area contributed by atoms with Crippen LogP contribution in [0.5, 0.6) is 17.4 Å². The Bertz CT molecular complexity index is 831. The third-order valence-corrected chi connectivity index (χ3v) is 5.74. The van der Waals surface area contributed by atoms with Gasteiger partial charge in [0.1, 0.15) is 6.10 Å². The van der Waals surface area contributed by atoms with Gasteiger partial charge in [0.25, 0.3) is 0 Å². The predicted molar refractivity (Wildman–Crippen MR) is 108 cm³/mol. The topological polar surface area (TPSA) is 72.9 Å². The molecule has 7 heteroatoms. The fraction of sp³-hybridized carbons (Fsp3) is 0.455. The summed E-state index contributed by atoms with van der Waals surface area (Å²) < 4.78 is 16.6. The van der Waals surface area contributed by atoms with Crippen molar-refractivity contribution < 1.29 is 19.0 Å². The van der Waals surface area contributed by atoms with E-state index in [0.717, 1.165) is 31.2 Å². The number of rotatable bonds is 6. The highest BCUT2D eigenvalue weighted by Crippen LogP contribution is 2.37. The van der Waals surface area contributed by atoms with Crippen LogP contribution in [-0.2, 0) is 6.54 Å². The molecule has 2 atom stereocenters. The molecule has 2 aromatic rings. The monoisotopic (exact) mass is 397 g/mol. The van der Waals surface area contributed by atoms with E-state index in [1.807, 2.05) is 41.3 Å². The van der Waals surface area contributed by atoms with Gasteiger partial charge in [0.2, 0.25) is 5.88 Å². The lowest BCUT2D eigenvalue weighted by Crippen LogP contribution is -2.52. The summed E-state index contributed by atoms with van der Waals surface area (Å²) in [5, 5.41) is 3.06. The molecule has 2 aliphatic rings. The van der Waals surface area contributed by atoms with E-state index in [-0.39, 0.29) is 24.2 Å². The number of hydrogen-bond donors (Lipinski definition) is 1. The SMILES string of the molecule is COc1ccc(CNC(=O)N2C3CCC2CC(Oc2ccccn2)C3)cc1OC. The molecule has 2 fully saturated rings. The first-order valence-corrected chi connectivity index (χ1v) is 10.0. The number of nitrogens with zero attached hydrogens (tertiary/aromatic N) is 2.